The van der Waals surface area contributed by atoms with Crippen LogP contribution >= 0.6 is 27.3 Å². The molecule has 0 spiro atoms. The van der Waals surface area contributed by atoms with Gasteiger partial charge in [-0.25, -0.2) is 0 Å². The van der Waals surface area contributed by atoms with Gasteiger partial charge in [-0.2, -0.15) is 0 Å². The van der Waals surface area contributed by atoms with Crippen LogP contribution in [0.2, 0.25) is 0 Å². The lowest BCUT2D eigenvalue weighted by Gasteiger charge is -2.33. The van der Waals surface area contributed by atoms with E-state index in [0.29, 0.717) is 17.8 Å². The second-order valence-corrected chi connectivity index (χ2v) is 6.85. The van der Waals surface area contributed by atoms with Gasteiger partial charge in [0.2, 0.25) is 5.91 Å². The highest BCUT2D eigenvalue weighted by Crippen LogP contribution is 2.29. The summed E-state index contributed by atoms with van der Waals surface area (Å²) in [5, 5.41) is 0. The zero-order valence-electron chi connectivity index (χ0n) is 10.1. The summed E-state index contributed by atoms with van der Waals surface area (Å²) in [6.07, 6.45) is 2.55. The van der Waals surface area contributed by atoms with Crippen LogP contribution in [0.3, 0.4) is 0 Å². The molecule has 1 saturated heterocycles. The van der Waals surface area contributed by atoms with Crippen LogP contribution < -0.4 is 5.73 Å². The molecule has 98 valence electrons. The monoisotopic (exact) mass is 330 g/mol. The highest BCUT2D eigenvalue weighted by Gasteiger charge is 2.31. The number of aryl methyl sites for hydroxylation is 1. The number of halogens is 1. The normalized spacial score (nSPS) is 19.9. The molecule has 1 aromatic heterocycles. The van der Waals surface area contributed by atoms with E-state index in [1.165, 1.54) is 11.3 Å². The van der Waals surface area contributed by atoms with Crippen LogP contribution in [-0.4, -0.2) is 29.3 Å². The molecule has 2 N–H and O–H groups in total. The molecule has 0 saturated carbocycles. The molecule has 4 nitrogen and oxygen atoms in total. The summed E-state index contributed by atoms with van der Waals surface area (Å²) < 4.78 is 0.957. The molecule has 2 heterocycles. The average Bonchev–Trinajstić information content (AvgIpc) is 2.68. The highest BCUT2D eigenvalue weighted by molar-refractivity contribution is 9.11. The lowest BCUT2D eigenvalue weighted by molar-refractivity contribution is -0.123. The number of thiophene rings is 1. The van der Waals surface area contributed by atoms with E-state index in [1.54, 1.807) is 4.90 Å². The van der Waals surface area contributed by atoms with E-state index in [1.807, 2.05) is 13.0 Å². The van der Waals surface area contributed by atoms with Gasteiger partial charge in [-0.05, 0) is 53.7 Å². The largest absolute Gasteiger partial charge is 0.368 e. The van der Waals surface area contributed by atoms with Crippen LogP contribution in [-0.2, 0) is 4.79 Å². The van der Waals surface area contributed by atoms with E-state index in [9.17, 15) is 9.59 Å². The van der Waals surface area contributed by atoms with Gasteiger partial charge in [0.15, 0.2) is 0 Å². The number of nitrogens with two attached hydrogens (primary N) is 1. The molecule has 0 aromatic carbocycles. The quantitative estimate of drug-likeness (QED) is 0.904. The zero-order chi connectivity index (χ0) is 13.3. The predicted molar refractivity (Wildman–Crippen MR) is 74.6 cm³/mol. The van der Waals surface area contributed by atoms with Crippen LogP contribution in [0.15, 0.2) is 9.85 Å². The molecule has 0 radical (unpaired) electrons. The topological polar surface area (TPSA) is 63.4 Å². The average molecular weight is 331 g/mol. The number of likely N-dealkylation sites (tertiary alicyclic amines) is 1. The number of nitrogens with zero attached hydrogens (tertiary/aromatic N) is 1. The van der Waals surface area contributed by atoms with Crippen LogP contribution in [0.4, 0.5) is 0 Å². The van der Waals surface area contributed by atoms with E-state index in [-0.39, 0.29) is 5.91 Å². The molecule has 2 amide bonds. The van der Waals surface area contributed by atoms with Crippen molar-refractivity contribution in [3.05, 3.63) is 20.3 Å². The molecule has 1 atom stereocenters. The van der Waals surface area contributed by atoms with Crippen LogP contribution in [0.1, 0.15) is 34.5 Å². The Bertz CT molecular complexity index is 467. The minimum Gasteiger partial charge on any atom is -0.368 e. The Kier molecular flexibility index (Phi) is 4.07. The third kappa shape index (κ3) is 2.59. The van der Waals surface area contributed by atoms with Crippen LogP contribution in [0.5, 0.6) is 0 Å². The molecule has 1 fully saturated rings. The maximum Gasteiger partial charge on any atom is 0.264 e. The van der Waals surface area contributed by atoms with Gasteiger partial charge in [0.1, 0.15) is 6.04 Å². The van der Waals surface area contributed by atoms with Gasteiger partial charge in [0, 0.05) is 6.54 Å². The second kappa shape index (κ2) is 5.40. The molecular formula is C12H15BrN2O2S. The third-order valence-corrected chi connectivity index (χ3v) is 5.28. The van der Waals surface area contributed by atoms with Crippen molar-refractivity contribution >= 4 is 39.1 Å². The van der Waals surface area contributed by atoms with Crippen molar-refractivity contribution in [2.45, 2.75) is 32.2 Å². The lowest BCUT2D eigenvalue weighted by Crippen LogP contribution is -2.50. The summed E-state index contributed by atoms with van der Waals surface area (Å²) in [5.74, 6) is -0.493. The summed E-state index contributed by atoms with van der Waals surface area (Å²) in [4.78, 5) is 26.1. The standard InChI is InChI=1S/C12H15BrN2O2S/c1-7-6-9(18-10(7)13)12(17)15-5-3-2-4-8(15)11(14)16/h6,8H,2-5H2,1H3,(H2,14,16). The fourth-order valence-corrected chi connectivity index (χ4v) is 3.67. The number of rotatable bonds is 2. The van der Waals surface area contributed by atoms with Gasteiger partial charge in [-0.3, -0.25) is 9.59 Å². The molecule has 0 bridgehead atoms. The Morgan fingerprint density at radius 3 is 2.78 bits per heavy atom. The van der Waals surface area contributed by atoms with Crippen LogP contribution in [0.25, 0.3) is 0 Å². The fraction of sp³-hybridized carbons (Fsp3) is 0.500. The van der Waals surface area contributed by atoms with E-state index in [0.717, 1.165) is 22.2 Å². The smallest absolute Gasteiger partial charge is 0.264 e. The molecule has 18 heavy (non-hydrogen) atoms. The number of hydrogen-bond acceptors (Lipinski definition) is 3. The Morgan fingerprint density at radius 1 is 1.50 bits per heavy atom. The summed E-state index contributed by atoms with van der Waals surface area (Å²) in [5.41, 5.74) is 6.41. The molecule has 6 heteroatoms. The summed E-state index contributed by atoms with van der Waals surface area (Å²) in [6, 6.07) is 1.40. The van der Waals surface area contributed by atoms with Gasteiger partial charge in [0.05, 0.1) is 8.66 Å². The van der Waals surface area contributed by atoms with Gasteiger partial charge < -0.3 is 10.6 Å². The van der Waals surface area contributed by atoms with Crippen molar-refractivity contribution in [1.82, 2.24) is 4.90 Å². The van der Waals surface area contributed by atoms with Crippen molar-refractivity contribution in [1.29, 1.82) is 0 Å². The van der Waals surface area contributed by atoms with Crippen molar-refractivity contribution in [2.75, 3.05) is 6.54 Å². The number of primary amides is 1. The maximum atomic E-state index is 12.4. The first-order valence-corrected chi connectivity index (χ1v) is 7.48. The van der Waals surface area contributed by atoms with Crippen molar-refractivity contribution in [3.63, 3.8) is 0 Å². The van der Waals surface area contributed by atoms with E-state index in [2.05, 4.69) is 15.9 Å². The van der Waals surface area contributed by atoms with E-state index < -0.39 is 11.9 Å². The van der Waals surface area contributed by atoms with Gasteiger partial charge in [-0.15, -0.1) is 11.3 Å². The summed E-state index contributed by atoms with van der Waals surface area (Å²) in [7, 11) is 0. The molecule has 1 aromatic rings. The van der Waals surface area contributed by atoms with Gasteiger partial charge >= 0.3 is 0 Å². The van der Waals surface area contributed by atoms with E-state index in [4.69, 9.17) is 5.73 Å². The summed E-state index contributed by atoms with van der Waals surface area (Å²) >= 11 is 4.81. The van der Waals surface area contributed by atoms with Gasteiger partial charge in [-0.1, -0.05) is 0 Å². The first kappa shape index (κ1) is 13.5. The predicted octanol–water partition coefficient (Wildman–Crippen LogP) is 2.30. The number of amides is 2. The van der Waals surface area contributed by atoms with Gasteiger partial charge in [0.25, 0.3) is 5.91 Å². The Labute approximate surface area is 118 Å². The second-order valence-electron chi connectivity index (χ2n) is 4.48. The first-order chi connectivity index (χ1) is 8.50. The zero-order valence-corrected chi connectivity index (χ0v) is 12.5. The first-order valence-electron chi connectivity index (χ1n) is 5.87. The van der Waals surface area contributed by atoms with Crippen LogP contribution in [0, 0.1) is 6.92 Å². The Balaban J connectivity index is 2.23. The van der Waals surface area contributed by atoms with E-state index >= 15 is 0 Å². The number of hydrogen-bond donors (Lipinski definition) is 1. The highest BCUT2D eigenvalue weighted by atomic mass is 79.9. The molecule has 1 unspecified atom stereocenters. The molecule has 1 aliphatic rings. The third-order valence-electron chi connectivity index (χ3n) is 3.16. The number of carbonyl (C=O) groups is 2. The number of carbonyl (C=O) groups excluding carboxylic acids is 2. The number of piperidine rings is 1. The minimum absolute atomic E-state index is 0.0858. The maximum absolute atomic E-state index is 12.4. The minimum atomic E-state index is -0.451. The molecule has 0 aliphatic carbocycles. The summed E-state index contributed by atoms with van der Waals surface area (Å²) in [6.45, 7) is 2.56. The lowest BCUT2D eigenvalue weighted by atomic mass is 10.0. The SMILES string of the molecule is Cc1cc(C(=O)N2CCCCC2C(N)=O)sc1Br. The Morgan fingerprint density at radius 2 is 2.22 bits per heavy atom. The Hall–Kier alpha value is -0.880. The van der Waals surface area contributed by atoms with Crippen molar-refractivity contribution in [3.8, 4) is 0 Å². The fourth-order valence-electron chi connectivity index (χ4n) is 2.18. The van der Waals surface area contributed by atoms with Crippen molar-refractivity contribution in [2.24, 2.45) is 5.73 Å². The molecule has 1 aliphatic heterocycles. The molecular weight excluding hydrogens is 316 g/mol. The molecule has 2 rings (SSSR count). The van der Waals surface area contributed by atoms with Crippen molar-refractivity contribution < 1.29 is 9.59 Å².